The van der Waals surface area contributed by atoms with Crippen LogP contribution in [-0.2, 0) is 0 Å². The minimum atomic E-state index is -0.569. The summed E-state index contributed by atoms with van der Waals surface area (Å²) in [4.78, 5) is 25.1. The first-order chi connectivity index (χ1) is 19.2. The third kappa shape index (κ3) is 4.19. The Hall–Kier alpha value is -5.90. The summed E-state index contributed by atoms with van der Waals surface area (Å²) in [6, 6.07) is 17.8. The van der Waals surface area contributed by atoms with E-state index in [1.807, 2.05) is 0 Å². The van der Waals surface area contributed by atoms with Crippen molar-refractivity contribution in [3.63, 3.8) is 0 Å². The zero-order chi connectivity index (χ0) is 28.1. The van der Waals surface area contributed by atoms with Crippen molar-refractivity contribution < 1.29 is 39.1 Å². The molecule has 0 bridgehead atoms. The maximum atomic E-state index is 12.6. The number of hydrogen-bond acceptors (Lipinski definition) is 10. The average molecular weight is 538 g/mol. The van der Waals surface area contributed by atoms with Gasteiger partial charge in [-0.1, -0.05) is 6.07 Å². The summed E-state index contributed by atoms with van der Waals surface area (Å²) >= 11 is 0. The fourth-order valence-corrected chi connectivity index (χ4v) is 4.40. The average Bonchev–Trinajstić information content (AvgIpc) is 2.89. The van der Waals surface area contributed by atoms with E-state index in [1.54, 1.807) is 30.3 Å². The van der Waals surface area contributed by atoms with Gasteiger partial charge in [0.2, 0.25) is 0 Å². The van der Waals surface area contributed by atoms with Gasteiger partial charge in [-0.15, -0.1) is 0 Å². The highest BCUT2D eigenvalue weighted by Gasteiger charge is 2.17. The second-order valence-corrected chi connectivity index (χ2v) is 8.90. The largest absolute Gasteiger partial charge is 0.508 e. The molecule has 10 heteroatoms. The molecule has 4 aromatic carbocycles. The minimum Gasteiger partial charge on any atom is -0.508 e. The number of phenolic OH excluding ortho intramolecular Hbond substituents is 5. The molecule has 40 heavy (non-hydrogen) atoms. The molecule has 6 aromatic rings. The van der Waals surface area contributed by atoms with Gasteiger partial charge in [-0.05, 0) is 36.4 Å². The summed E-state index contributed by atoms with van der Waals surface area (Å²) in [6.45, 7) is 0. The van der Waals surface area contributed by atoms with Gasteiger partial charge in [-0.25, -0.2) is 0 Å². The summed E-state index contributed by atoms with van der Waals surface area (Å²) in [5, 5.41) is 50.2. The second kappa shape index (κ2) is 9.14. The first-order valence-corrected chi connectivity index (χ1v) is 11.8. The summed E-state index contributed by atoms with van der Waals surface area (Å²) < 4.78 is 17.2. The molecule has 198 valence electrons. The van der Waals surface area contributed by atoms with Crippen molar-refractivity contribution in [2.75, 3.05) is 0 Å². The number of aromatic hydroxyl groups is 5. The molecule has 2 heterocycles. The zero-order valence-corrected chi connectivity index (χ0v) is 20.3. The van der Waals surface area contributed by atoms with Crippen LogP contribution >= 0.6 is 0 Å². The molecule has 10 nitrogen and oxygen atoms in total. The van der Waals surface area contributed by atoms with Crippen molar-refractivity contribution in [1.29, 1.82) is 0 Å². The van der Waals surface area contributed by atoms with Crippen LogP contribution in [0.4, 0.5) is 0 Å². The molecule has 0 radical (unpaired) electrons. The van der Waals surface area contributed by atoms with E-state index in [9.17, 15) is 35.1 Å². The molecule has 0 spiro atoms. The van der Waals surface area contributed by atoms with E-state index in [0.29, 0.717) is 11.3 Å². The van der Waals surface area contributed by atoms with Crippen LogP contribution in [0.1, 0.15) is 0 Å². The summed E-state index contributed by atoms with van der Waals surface area (Å²) in [7, 11) is 0. The van der Waals surface area contributed by atoms with Gasteiger partial charge in [0, 0.05) is 42.0 Å². The molecule has 0 saturated carbocycles. The van der Waals surface area contributed by atoms with Gasteiger partial charge in [0.25, 0.3) is 0 Å². The highest BCUT2D eigenvalue weighted by Crippen LogP contribution is 2.40. The Labute approximate surface area is 223 Å². The van der Waals surface area contributed by atoms with Gasteiger partial charge in [0.15, 0.2) is 22.4 Å². The molecule has 0 saturated heterocycles. The molecule has 0 aliphatic rings. The number of fused-ring (bicyclic) bond motifs is 2. The van der Waals surface area contributed by atoms with Gasteiger partial charge in [0.1, 0.15) is 62.2 Å². The molecule has 0 amide bonds. The first kappa shape index (κ1) is 24.4. The highest BCUT2D eigenvalue weighted by atomic mass is 16.5. The van der Waals surface area contributed by atoms with Gasteiger partial charge >= 0.3 is 0 Å². The summed E-state index contributed by atoms with van der Waals surface area (Å²) in [5.41, 5.74) is -0.445. The van der Waals surface area contributed by atoms with Crippen LogP contribution in [0.5, 0.6) is 40.2 Å². The maximum absolute atomic E-state index is 12.6. The topological polar surface area (TPSA) is 171 Å². The number of phenols is 5. The van der Waals surface area contributed by atoms with E-state index < -0.39 is 16.6 Å². The molecular formula is C30H18O10. The Morgan fingerprint density at radius 2 is 1.15 bits per heavy atom. The molecule has 6 rings (SSSR count). The van der Waals surface area contributed by atoms with Crippen LogP contribution in [0.25, 0.3) is 44.6 Å². The smallest absolute Gasteiger partial charge is 0.197 e. The van der Waals surface area contributed by atoms with E-state index in [1.165, 1.54) is 30.3 Å². The number of para-hydroxylation sites is 1. The predicted octanol–water partition coefficient (Wildman–Crippen LogP) is 5.55. The van der Waals surface area contributed by atoms with Crippen LogP contribution in [0, 0.1) is 0 Å². The van der Waals surface area contributed by atoms with E-state index in [4.69, 9.17) is 13.6 Å². The van der Waals surface area contributed by atoms with Crippen molar-refractivity contribution >= 4 is 21.9 Å². The van der Waals surface area contributed by atoms with Gasteiger partial charge in [-0.3, -0.25) is 9.59 Å². The Morgan fingerprint density at radius 3 is 1.75 bits per heavy atom. The molecule has 0 unspecified atom stereocenters. The second-order valence-electron chi connectivity index (χ2n) is 8.90. The van der Waals surface area contributed by atoms with E-state index in [2.05, 4.69) is 0 Å². The maximum Gasteiger partial charge on any atom is 0.197 e. The van der Waals surface area contributed by atoms with E-state index in [0.717, 1.165) is 18.2 Å². The minimum absolute atomic E-state index is 0.01000. The summed E-state index contributed by atoms with van der Waals surface area (Å²) in [5.74, 6) is -1.13. The molecular weight excluding hydrogens is 520 g/mol. The summed E-state index contributed by atoms with van der Waals surface area (Å²) in [6.07, 6.45) is 0. The monoisotopic (exact) mass is 538 g/mol. The molecule has 5 N–H and O–H groups in total. The van der Waals surface area contributed by atoms with Crippen molar-refractivity contribution in [2.45, 2.75) is 0 Å². The molecule has 0 fully saturated rings. The van der Waals surface area contributed by atoms with Crippen molar-refractivity contribution in [2.24, 2.45) is 0 Å². The van der Waals surface area contributed by atoms with Gasteiger partial charge < -0.3 is 39.1 Å². The normalized spacial score (nSPS) is 11.2. The van der Waals surface area contributed by atoms with E-state index >= 15 is 0 Å². The number of hydrogen-bond donors (Lipinski definition) is 5. The third-order valence-electron chi connectivity index (χ3n) is 6.22. The van der Waals surface area contributed by atoms with Crippen LogP contribution in [0.3, 0.4) is 0 Å². The van der Waals surface area contributed by atoms with Gasteiger partial charge in [-0.2, -0.15) is 0 Å². The SMILES string of the molecule is O=c1cc(-c2ccc(Oc3cccc(-c4cc(=O)c5c(O)cc(O)cc5o4)c3O)cc2)oc2cc(O)cc(O)c12. The number of ether oxygens (including phenoxy) is 1. The fourth-order valence-electron chi connectivity index (χ4n) is 4.40. The van der Waals surface area contributed by atoms with Crippen LogP contribution in [0.15, 0.2) is 97.3 Å². The van der Waals surface area contributed by atoms with Crippen molar-refractivity contribution in [1.82, 2.24) is 0 Å². The Bertz CT molecular complexity index is 2070. The van der Waals surface area contributed by atoms with Crippen LogP contribution in [-0.4, -0.2) is 25.5 Å². The Balaban J connectivity index is 1.32. The molecule has 2 aromatic heterocycles. The Morgan fingerprint density at radius 1 is 0.600 bits per heavy atom. The lowest BCUT2D eigenvalue weighted by Crippen LogP contribution is -2.01. The highest BCUT2D eigenvalue weighted by molar-refractivity contribution is 5.87. The third-order valence-corrected chi connectivity index (χ3v) is 6.22. The van der Waals surface area contributed by atoms with E-state index in [-0.39, 0.29) is 67.8 Å². The quantitative estimate of drug-likeness (QED) is 0.192. The molecule has 0 aliphatic carbocycles. The van der Waals surface area contributed by atoms with Gasteiger partial charge in [0.05, 0.1) is 5.56 Å². The van der Waals surface area contributed by atoms with Crippen molar-refractivity contribution in [3.05, 3.63) is 99.3 Å². The van der Waals surface area contributed by atoms with Crippen LogP contribution in [0.2, 0.25) is 0 Å². The van der Waals surface area contributed by atoms with Crippen molar-refractivity contribution in [3.8, 4) is 62.9 Å². The molecule has 0 atom stereocenters. The molecule has 0 aliphatic heterocycles. The number of benzene rings is 4. The first-order valence-electron chi connectivity index (χ1n) is 11.8. The standard InChI is InChI=1S/C30H18O10/c31-15-8-19(33)28-21(35)12-24(39-26(28)10-15)14-4-6-17(7-5-14)38-23-3-1-2-18(30(23)37)25-13-22(36)29-20(34)9-16(32)11-27(29)40-25/h1-13,31-34,37H. The van der Waals surface area contributed by atoms with Crippen LogP contribution < -0.4 is 15.6 Å². The number of rotatable bonds is 4. The fraction of sp³-hybridized carbons (Fsp3) is 0. The predicted molar refractivity (Wildman–Crippen MR) is 144 cm³/mol. The lowest BCUT2D eigenvalue weighted by Gasteiger charge is -2.12. The zero-order valence-electron chi connectivity index (χ0n) is 20.3. The lowest BCUT2D eigenvalue weighted by atomic mass is 10.1. The Kier molecular flexibility index (Phi) is 5.58. The lowest BCUT2D eigenvalue weighted by molar-refractivity contribution is 0.411.